The van der Waals surface area contributed by atoms with Crippen LogP contribution in [0.3, 0.4) is 0 Å². The van der Waals surface area contributed by atoms with Crippen LogP contribution in [0.1, 0.15) is 25.8 Å². The van der Waals surface area contributed by atoms with Gasteiger partial charge in [0.05, 0.1) is 0 Å². The SMILES string of the molecule is C=C(C)C(=O)O.C=CC(=O)O.CCC(O)(O)c1ccccc1. The van der Waals surface area contributed by atoms with Gasteiger partial charge in [0.1, 0.15) is 0 Å². The van der Waals surface area contributed by atoms with Gasteiger partial charge in [0.2, 0.25) is 0 Å². The Balaban J connectivity index is 0. The van der Waals surface area contributed by atoms with E-state index in [1.807, 2.05) is 6.07 Å². The molecule has 0 heterocycles. The molecule has 0 unspecified atom stereocenters. The van der Waals surface area contributed by atoms with E-state index in [4.69, 9.17) is 10.2 Å². The first kappa shape index (κ1) is 21.9. The summed E-state index contributed by atoms with van der Waals surface area (Å²) in [5.41, 5.74) is 0.720. The molecule has 122 valence electrons. The molecular formula is C16H22O6. The minimum absolute atomic E-state index is 0.176. The van der Waals surface area contributed by atoms with Gasteiger partial charge in [0, 0.05) is 23.6 Å². The van der Waals surface area contributed by atoms with Gasteiger partial charge in [-0.05, 0) is 6.92 Å². The average molecular weight is 310 g/mol. The predicted molar refractivity (Wildman–Crippen MR) is 83.1 cm³/mol. The van der Waals surface area contributed by atoms with E-state index >= 15 is 0 Å². The van der Waals surface area contributed by atoms with Crippen molar-refractivity contribution in [2.45, 2.75) is 26.1 Å². The number of rotatable bonds is 4. The number of benzene rings is 1. The number of carbonyl (C=O) groups is 2. The van der Waals surface area contributed by atoms with Gasteiger partial charge in [0.25, 0.3) is 0 Å². The zero-order valence-corrected chi connectivity index (χ0v) is 12.7. The Bertz CT molecular complexity index is 479. The number of hydrogen-bond acceptors (Lipinski definition) is 4. The molecule has 0 amide bonds. The van der Waals surface area contributed by atoms with Crippen molar-refractivity contribution in [1.29, 1.82) is 0 Å². The summed E-state index contributed by atoms with van der Waals surface area (Å²) >= 11 is 0. The highest BCUT2D eigenvalue weighted by molar-refractivity contribution is 5.84. The summed E-state index contributed by atoms with van der Waals surface area (Å²) in [5, 5.41) is 34.2. The molecule has 0 fully saturated rings. The second kappa shape index (κ2) is 11.2. The summed E-state index contributed by atoms with van der Waals surface area (Å²) in [7, 11) is 0. The Morgan fingerprint density at radius 1 is 1.18 bits per heavy atom. The molecule has 0 aromatic heterocycles. The average Bonchev–Trinajstić information content (AvgIpc) is 2.49. The Hall–Kier alpha value is -2.44. The molecule has 1 rings (SSSR count). The Morgan fingerprint density at radius 2 is 1.55 bits per heavy atom. The molecule has 0 saturated heterocycles. The fourth-order valence-corrected chi connectivity index (χ4v) is 0.909. The third-order valence-corrected chi connectivity index (χ3v) is 2.27. The second-order valence-corrected chi connectivity index (χ2v) is 4.16. The molecule has 0 saturated carbocycles. The maximum absolute atomic E-state index is 9.60. The molecule has 0 radical (unpaired) electrons. The molecule has 1 aromatic carbocycles. The van der Waals surface area contributed by atoms with Crippen molar-refractivity contribution in [3.63, 3.8) is 0 Å². The van der Waals surface area contributed by atoms with Crippen LogP contribution >= 0.6 is 0 Å². The molecular weight excluding hydrogens is 288 g/mol. The quantitative estimate of drug-likeness (QED) is 0.500. The van der Waals surface area contributed by atoms with Gasteiger partial charge < -0.3 is 20.4 Å². The highest BCUT2D eigenvalue weighted by Gasteiger charge is 2.21. The van der Waals surface area contributed by atoms with Crippen molar-refractivity contribution in [1.82, 2.24) is 0 Å². The third kappa shape index (κ3) is 11.4. The lowest BCUT2D eigenvalue weighted by Crippen LogP contribution is -2.23. The molecule has 22 heavy (non-hydrogen) atoms. The van der Waals surface area contributed by atoms with Crippen LogP contribution in [-0.2, 0) is 15.4 Å². The zero-order valence-electron chi connectivity index (χ0n) is 12.7. The van der Waals surface area contributed by atoms with E-state index in [-0.39, 0.29) is 5.57 Å². The van der Waals surface area contributed by atoms with Crippen molar-refractivity contribution in [3.05, 3.63) is 60.7 Å². The van der Waals surface area contributed by atoms with Gasteiger partial charge in [0.15, 0.2) is 5.79 Å². The van der Waals surface area contributed by atoms with Crippen LogP contribution in [0.4, 0.5) is 0 Å². The summed E-state index contributed by atoms with van der Waals surface area (Å²) in [5.74, 6) is -3.58. The van der Waals surface area contributed by atoms with Crippen molar-refractivity contribution in [3.8, 4) is 0 Å². The maximum atomic E-state index is 9.60. The molecule has 0 spiro atoms. The lowest BCUT2D eigenvalue weighted by molar-refractivity contribution is -0.171. The number of hydrogen-bond donors (Lipinski definition) is 4. The first-order chi connectivity index (χ1) is 10.1. The van der Waals surface area contributed by atoms with Crippen LogP contribution in [0.25, 0.3) is 0 Å². The standard InChI is InChI=1S/C9H12O2.C4H6O2.C3H4O2/c1-2-9(10,11)8-6-4-3-5-7-8;1-3(2)4(5)6;1-2-3(4)5/h3-7,10-11H,2H2,1H3;1H2,2H3,(H,5,6);2H,1H2,(H,4,5). The number of carboxylic acids is 2. The Kier molecular flexibility index (Phi) is 11.2. The van der Waals surface area contributed by atoms with Crippen LogP contribution in [0.5, 0.6) is 0 Å². The number of aliphatic carboxylic acids is 2. The first-order valence-corrected chi connectivity index (χ1v) is 6.32. The molecule has 6 nitrogen and oxygen atoms in total. The maximum Gasteiger partial charge on any atom is 0.330 e. The van der Waals surface area contributed by atoms with E-state index < -0.39 is 17.7 Å². The zero-order chi connectivity index (χ0) is 17.8. The minimum Gasteiger partial charge on any atom is -0.478 e. The second-order valence-electron chi connectivity index (χ2n) is 4.16. The van der Waals surface area contributed by atoms with Crippen LogP contribution in [0, 0.1) is 0 Å². The van der Waals surface area contributed by atoms with E-state index in [1.165, 1.54) is 6.92 Å². The fourth-order valence-electron chi connectivity index (χ4n) is 0.909. The highest BCUT2D eigenvalue weighted by atomic mass is 16.5. The third-order valence-electron chi connectivity index (χ3n) is 2.27. The van der Waals surface area contributed by atoms with Crippen molar-refractivity contribution < 1.29 is 30.0 Å². The molecule has 0 bridgehead atoms. The van der Waals surface area contributed by atoms with E-state index in [1.54, 1.807) is 31.2 Å². The minimum atomic E-state index is -1.67. The largest absolute Gasteiger partial charge is 0.478 e. The van der Waals surface area contributed by atoms with Crippen LogP contribution in [0.2, 0.25) is 0 Å². The van der Waals surface area contributed by atoms with E-state index in [2.05, 4.69) is 13.2 Å². The van der Waals surface area contributed by atoms with Crippen molar-refractivity contribution in [2.75, 3.05) is 0 Å². The molecule has 6 heteroatoms. The highest BCUT2D eigenvalue weighted by Crippen LogP contribution is 2.20. The fraction of sp³-hybridized carbons (Fsp3) is 0.250. The van der Waals surface area contributed by atoms with Gasteiger partial charge in [-0.3, -0.25) is 0 Å². The lowest BCUT2D eigenvalue weighted by atomic mass is 10.0. The molecule has 4 N–H and O–H groups in total. The van der Waals surface area contributed by atoms with Gasteiger partial charge >= 0.3 is 11.9 Å². The van der Waals surface area contributed by atoms with E-state index in [9.17, 15) is 19.8 Å². The summed E-state index contributed by atoms with van der Waals surface area (Å²) in [6.45, 7) is 9.29. The summed E-state index contributed by atoms with van der Waals surface area (Å²) in [6.07, 6.45) is 1.14. The van der Waals surface area contributed by atoms with Crippen LogP contribution in [-0.4, -0.2) is 32.4 Å². The first-order valence-electron chi connectivity index (χ1n) is 6.32. The van der Waals surface area contributed by atoms with Gasteiger partial charge in [-0.25, -0.2) is 9.59 Å². The van der Waals surface area contributed by atoms with Crippen molar-refractivity contribution in [2.24, 2.45) is 0 Å². The van der Waals surface area contributed by atoms with E-state index in [0.717, 1.165) is 6.08 Å². The smallest absolute Gasteiger partial charge is 0.330 e. The molecule has 0 aliphatic carbocycles. The summed E-state index contributed by atoms with van der Waals surface area (Å²) in [6, 6.07) is 8.81. The number of aliphatic hydroxyl groups is 2. The van der Waals surface area contributed by atoms with Crippen LogP contribution in [0.15, 0.2) is 55.1 Å². The summed E-state index contributed by atoms with van der Waals surface area (Å²) < 4.78 is 0. The predicted octanol–water partition coefficient (Wildman–Crippen LogP) is 2.14. The monoisotopic (exact) mass is 310 g/mol. The molecule has 0 aliphatic heterocycles. The van der Waals surface area contributed by atoms with Crippen LogP contribution < -0.4 is 0 Å². The molecule has 0 atom stereocenters. The van der Waals surface area contributed by atoms with Gasteiger partial charge in [-0.1, -0.05) is 50.4 Å². The summed E-state index contributed by atoms with van der Waals surface area (Å²) in [4.78, 5) is 18.8. The normalized spacial score (nSPS) is 9.27. The van der Waals surface area contributed by atoms with Gasteiger partial charge in [-0.2, -0.15) is 0 Å². The van der Waals surface area contributed by atoms with Crippen molar-refractivity contribution >= 4 is 11.9 Å². The lowest BCUT2D eigenvalue weighted by Gasteiger charge is -2.19. The molecule has 0 aliphatic rings. The number of carboxylic acid groups (broad SMARTS) is 2. The van der Waals surface area contributed by atoms with E-state index in [0.29, 0.717) is 12.0 Å². The Labute approximate surface area is 129 Å². The van der Waals surface area contributed by atoms with Gasteiger partial charge in [-0.15, -0.1) is 0 Å². The topological polar surface area (TPSA) is 115 Å². The Morgan fingerprint density at radius 3 is 1.77 bits per heavy atom. The molecule has 1 aromatic rings.